The van der Waals surface area contributed by atoms with Gasteiger partial charge in [-0.1, -0.05) is 12.1 Å². The molecule has 27 heavy (non-hydrogen) atoms. The van der Waals surface area contributed by atoms with Gasteiger partial charge in [-0.2, -0.15) is 13.2 Å². The van der Waals surface area contributed by atoms with E-state index in [4.69, 9.17) is 4.74 Å². The zero-order valence-electron chi connectivity index (χ0n) is 14.3. The maximum Gasteiger partial charge on any atom is 0.416 e. The summed E-state index contributed by atoms with van der Waals surface area (Å²) in [6, 6.07) is 7.66. The molecule has 0 radical (unpaired) electrons. The van der Waals surface area contributed by atoms with E-state index >= 15 is 0 Å². The summed E-state index contributed by atoms with van der Waals surface area (Å²) in [6.07, 6.45) is -2.88. The molecule has 0 aliphatic heterocycles. The van der Waals surface area contributed by atoms with E-state index < -0.39 is 17.6 Å². The lowest BCUT2D eigenvalue weighted by Gasteiger charge is -2.09. The number of nitrogens with one attached hydrogen (secondary N) is 2. The number of halogens is 4. The van der Waals surface area contributed by atoms with E-state index in [0.29, 0.717) is 22.2 Å². The van der Waals surface area contributed by atoms with Gasteiger partial charge in [-0.3, -0.25) is 4.79 Å². The Kier molecular flexibility index (Phi) is 5.18. The van der Waals surface area contributed by atoms with Crippen LogP contribution in [0.4, 0.5) is 23.2 Å². The van der Waals surface area contributed by atoms with Crippen molar-refractivity contribution in [3.63, 3.8) is 0 Å². The van der Waals surface area contributed by atoms with Crippen molar-refractivity contribution < 1.29 is 27.1 Å². The zero-order valence-corrected chi connectivity index (χ0v) is 14.3. The van der Waals surface area contributed by atoms with Crippen LogP contribution in [0.5, 0.6) is 0 Å². The van der Waals surface area contributed by atoms with E-state index in [1.165, 1.54) is 31.3 Å². The number of benzene rings is 2. The van der Waals surface area contributed by atoms with E-state index in [2.05, 4.69) is 10.3 Å². The van der Waals surface area contributed by atoms with Gasteiger partial charge in [-0.15, -0.1) is 0 Å². The molecule has 3 aromatic rings. The monoisotopic (exact) mass is 380 g/mol. The second-order valence-corrected chi connectivity index (χ2v) is 6.07. The molecule has 0 saturated heterocycles. The Labute approximate surface area is 152 Å². The summed E-state index contributed by atoms with van der Waals surface area (Å²) >= 11 is 0. The molecule has 4 nitrogen and oxygen atoms in total. The number of alkyl halides is 3. The normalized spacial score (nSPS) is 11.7. The number of aromatic amines is 1. The minimum Gasteiger partial charge on any atom is -0.372 e. The first-order valence-electron chi connectivity index (χ1n) is 8.05. The number of rotatable bonds is 5. The van der Waals surface area contributed by atoms with Crippen molar-refractivity contribution >= 4 is 22.5 Å². The summed E-state index contributed by atoms with van der Waals surface area (Å²) < 4.78 is 57.3. The van der Waals surface area contributed by atoms with Gasteiger partial charge < -0.3 is 15.0 Å². The first kappa shape index (κ1) is 18.9. The van der Waals surface area contributed by atoms with E-state index in [1.807, 2.05) is 0 Å². The average Bonchev–Trinajstić information content (AvgIpc) is 2.97. The Morgan fingerprint density at radius 1 is 1.11 bits per heavy atom. The summed E-state index contributed by atoms with van der Waals surface area (Å²) in [7, 11) is 0. The molecular formula is C19H16F4N2O2. The number of anilines is 1. The van der Waals surface area contributed by atoms with Crippen LogP contribution in [-0.4, -0.2) is 10.9 Å². The summed E-state index contributed by atoms with van der Waals surface area (Å²) in [6.45, 7) is 1.51. The van der Waals surface area contributed by atoms with Crippen LogP contribution in [0.3, 0.4) is 0 Å². The maximum atomic E-state index is 14.2. The van der Waals surface area contributed by atoms with Gasteiger partial charge in [0.05, 0.1) is 30.0 Å². The minimum absolute atomic E-state index is 0.0680. The number of ether oxygens (including phenoxy) is 1. The highest BCUT2D eigenvalue weighted by molar-refractivity contribution is 6.01. The molecule has 0 atom stereocenters. The minimum atomic E-state index is -4.38. The fourth-order valence-electron chi connectivity index (χ4n) is 2.70. The number of hydrogen-bond donors (Lipinski definition) is 2. The van der Waals surface area contributed by atoms with Crippen molar-refractivity contribution in [1.29, 1.82) is 0 Å². The van der Waals surface area contributed by atoms with Crippen LogP contribution in [-0.2, 0) is 28.9 Å². The molecule has 8 heteroatoms. The van der Waals surface area contributed by atoms with Crippen LogP contribution in [0.1, 0.15) is 23.6 Å². The third kappa shape index (κ3) is 4.46. The number of amides is 1. The summed E-state index contributed by atoms with van der Waals surface area (Å²) in [4.78, 5) is 14.0. The summed E-state index contributed by atoms with van der Waals surface area (Å²) in [5.74, 6) is -0.766. The molecule has 0 unspecified atom stereocenters. The number of aromatic nitrogens is 1. The molecule has 2 N–H and O–H groups in total. The van der Waals surface area contributed by atoms with E-state index in [0.717, 1.165) is 12.1 Å². The van der Waals surface area contributed by atoms with Crippen molar-refractivity contribution in [3.8, 4) is 0 Å². The lowest BCUT2D eigenvalue weighted by Crippen LogP contribution is -2.05. The molecule has 0 aliphatic carbocycles. The smallest absolute Gasteiger partial charge is 0.372 e. The number of carbonyl (C=O) groups is 1. The van der Waals surface area contributed by atoms with Crippen molar-refractivity contribution in [3.05, 3.63) is 65.1 Å². The Bertz CT molecular complexity index is 962. The van der Waals surface area contributed by atoms with Gasteiger partial charge in [-0.25, -0.2) is 4.39 Å². The Morgan fingerprint density at radius 2 is 1.78 bits per heavy atom. The Morgan fingerprint density at radius 3 is 2.41 bits per heavy atom. The van der Waals surface area contributed by atoms with Gasteiger partial charge in [0, 0.05) is 18.5 Å². The van der Waals surface area contributed by atoms with Gasteiger partial charge in [-0.05, 0) is 35.4 Å². The molecule has 1 amide bonds. The van der Waals surface area contributed by atoms with E-state index in [9.17, 15) is 22.4 Å². The highest BCUT2D eigenvalue weighted by atomic mass is 19.4. The molecule has 0 bridgehead atoms. The zero-order chi connectivity index (χ0) is 19.6. The fourth-order valence-corrected chi connectivity index (χ4v) is 2.70. The SMILES string of the molecule is CC(=O)Nc1c[nH]c2c(F)cc(COCc3ccc(C(F)(F)F)cc3)cc12. The number of fused-ring (bicyclic) bond motifs is 1. The first-order chi connectivity index (χ1) is 12.7. The predicted octanol–water partition coefficient (Wildman–Crippen LogP) is 5.00. The molecule has 0 saturated carbocycles. The third-order valence-electron chi connectivity index (χ3n) is 3.93. The standard InChI is InChI=1S/C19H16F4N2O2/c1-11(26)25-17-8-24-18-15(17)6-13(7-16(18)20)10-27-9-12-2-4-14(5-3-12)19(21,22)23/h2-8,24H,9-10H2,1H3,(H,25,26). The highest BCUT2D eigenvalue weighted by Crippen LogP contribution is 2.29. The van der Waals surface area contributed by atoms with Gasteiger partial charge >= 0.3 is 6.18 Å². The van der Waals surface area contributed by atoms with Crippen LogP contribution in [0.25, 0.3) is 10.9 Å². The molecule has 0 aliphatic rings. The van der Waals surface area contributed by atoms with Gasteiger partial charge in [0.15, 0.2) is 0 Å². The van der Waals surface area contributed by atoms with Crippen LogP contribution in [0.2, 0.25) is 0 Å². The van der Waals surface area contributed by atoms with Crippen molar-refractivity contribution in [1.82, 2.24) is 4.98 Å². The summed E-state index contributed by atoms with van der Waals surface area (Å²) in [5.41, 5.74) is 1.12. The van der Waals surface area contributed by atoms with Crippen LogP contribution < -0.4 is 5.32 Å². The van der Waals surface area contributed by atoms with Gasteiger partial charge in [0.25, 0.3) is 0 Å². The second-order valence-electron chi connectivity index (χ2n) is 6.07. The maximum absolute atomic E-state index is 14.2. The van der Waals surface area contributed by atoms with E-state index in [1.54, 1.807) is 6.07 Å². The molecule has 3 rings (SSSR count). The van der Waals surface area contributed by atoms with Gasteiger partial charge in [0.1, 0.15) is 5.82 Å². The molecule has 142 valence electrons. The third-order valence-corrected chi connectivity index (χ3v) is 3.93. The Balaban J connectivity index is 1.69. The highest BCUT2D eigenvalue weighted by Gasteiger charge is 2.29. The van der Waals surface area contributed by atoms with Crippen LogP contribution >= 0.6 is 0 Å². The Hall–Kier alpha value is -2.87. The fraction of sp³-hybridized carbons (Fsp3) is 0.211. The average molecular weight is 380 g/mol. The van der Waals surface area contributed by atoms with Crippen molar-refractivity contribution in [2.75, 3.05) is 5.32 Å². The molecule has 0 spiro atoms. The van der Waals surface area contributed by atoms with Crippen LogP contribution in [0.15, 0.2) is 42.6 Å². The molecule has 1 heterocycles. The van der Waals surface area contributed by atoms with Crippen molar-refractivity contribution in [2.45, 2.75) is 26.3 Å². The molecular weight excluding hydrogens is 364 g/mol. The molecule has 0 fully saturated rings. The first-order valence-corrected chi connectivity index (χ1v) is 8.05. The molecule has 2 aromatic carbocycles. The van der Waals surface area contributed by atoms with Gasteiger partial charge in [0.2, 0.25) is 5.91 Å². The molecule has 1 aromatic heterocycles. The largest absolute Gasteiger partial charge is 0.416 e. The number of carbonyl (C=O) groups excluding carboxylic acids is 1. The topological polar surface area (TPSA) is 54.1 Å². The second kappa shape index (κ2) is 7.40. The van der Waals surface area contributed by atoms with Crippen LogP contribution in [0, 0.1) is 5.82 Å². The predicted molar refractivity (Wildman–Crippen MR) is 92.5 cm³/mol. The van der Waals surface area contributed by atoms with Crippen molar-refractivity contribution in [2.24, 2.45) is 0 Å². The number of H-pyrrole nitrogens is 1. The lowest BCUT2D eigenvalue weighted by atomic mass is 10.1. The quantitative estimate of drug-likeness (QED) is 0.612. The lowest BCUT2D eigenvalue weighted by molar-refractivity contribution is -0.137. The number of hydrogen-bond acceptors (Lipinski definition) is 2. The van der Waals surface area contributed by atoms with E-state index in [-0.39, 0.29) is 24.6 Å². The summed E-state index contributed by atoms with van der Waals surface area (Å²) in [5, 5.41) is 3.12.